The zero-order chi connectivity index (χ0) is 19.2. The predicted octanol–water partition coefficient (Wildman–Crippen LogP) is 5.08. The second-order valence-corrected chi connectivity index (χ2v) is 6.19. The second kappa shape index (κ2) is 8.22. The van der Waals surface area contributed by atoms with Gasteiger partial charge >= 0.3 is 0 Å². The van der Waals surface area contributed by atoms with Gasteiger partial charge in [0.05, 0.1) is 23.4 Å². The normalized spacial score (nSPS) is 10.4. The third kappa shape index (κ3) is 4.10. The van der Waals surface area contributed by atoms with E-state index in [0.29, 0.717) is 17.2 Å². The topological polar surface area (TPSA) is 63.2 Å². The third-order valence-corrected chi connectivity index (χ3v) is 4.20. The van der Waals surface area contributed by atoms with Gasteiger partial charge in [-0.1, -0.05) is 48.5 Å². The van der Waals surface area contributed by atoms with Gasteiger partial charge in [0.25, 0.3) is 0 Å². The summed E-state index contributed by atoms with van der Waals surface area (Å²) in [4.78, 5) is 16.9. The number of amides is 1. The van der Waals surface area contributed by atoms with E-state index in [2.05, 4.69) is 15.6 Å². The standard InChI is InChI=1S/C23H19N3O2/c27-22(16-25-20-13-6-8-17-9-7-15-24-23(17)20)26-19-12-4-5-14-21(19)28-18-10-2-1-3-11-18/h1-15,25H,16H2,(H,26,27). The van der Waals surface area contributed by atoms with Gasteiger partial charge in [0.15, 0.2) is 5.75 Å². The van der Waals surface area contributed by atoms with Crippen LogP contribution in [0.5, 0.6) is 11.5 Å². The molecule has 3 aromatic carbocycles. The fourth-order valence-corrected chi connectivity index (χ4v) is 2.89. The number of carbonyl (C=O) groups is 1. The van der Waals surface area contributed by atoms with E-state index in [1.807, 2.05) is 84.9 Å². The highest BCUT2D eigenvalue weighted by Gasteiger charge is 2.09. The molecule has 0 spiro atoms. The van der Waals surface area contributed by atoms with Crippen molar-refractivity contribution in [3.05, 3.63) is 91.1 Å². The van der Waals surface area contributed by atoms with Gasteiger partial charge in [-0.15, -0.1) is 0 Å². The van der Waals surface area contributed by atoms with Crippen molar-refractivity contribution in [3.63, 3.8) is 0 Å². The van der Waals surface area contributed by atoms with Crippen molar-refractivity contribution in [1.82, 2.24) is 4.98 Å². The SMILES string of the molecule is O=C(CNc1cccc2cccnc12)Nc1ccccc1Oc1ccccc1. The number of hydrogen-bond acceptors (Lipinski definition) is 4. The molecule has 0 saturated carbocycles. The molecular weight excluding hydrogens is 350 g/mol. The number of carbonyl (C=O) groups excluding carboxylic acids is 1. The molecule has 0 atom stereocenters. The lowest BCUT2D eigenvalue weighted by Gasteiger charge is -2.13. The van der Waals surface area contributed by atoms with Crippen molar-refractivity contribution >= 4 is 28.2 Å². The molecule has 2 N–H and O–H groups in total. The fraction of sp³-hybridized carbons (Fsp3) is 0.0435. The van der Waals surface area contributed by atoms with Crippen LogP contribution < -0.4 is 15.4 Å². The van der Waals surface area contributed by atoms with Crippen LogP contribution in [0.1, 0.15) is 0 Å². The van der Waals surface area contributed by atoms with E-state index in [0.717, 1.165) is 16.6 Å². The van der Waals surface area contributed by atoms with Crippen LogP contribution in [-0.2, 0) is 4.79 Å². The van der Waals surface area contributed by atoms with E-state index in [-0.39, 0.29) is 12.5 Å². The van der Waals surface area contributed by atoms with Crippen LogP contribution >= 0.6 is 0 Å². The molecular formula is C23H19N3O2. The average molecular weight is 369 g/mol. The van der Waals surface area contributed by atoms with Crippen molar-refractivity contribution in [1.29, 1.82) is 0 Å². The van der Waals surface area contributed by atoms with E-state index in [4.69, 9.17) is 4.74 Å². The van der Waals surface area contributed by atoms with Crippen molar-refractivity contribution in [2.24, 2.45) is 0 Å². The lowest BCUT2D eigenvalue weighted by molar-refractivity contribution is -0.114. The number of benzene rings is 3. The van der Waals surface area contributed by atoms with Crippen LogP contribution in [-0.4, -0.2) is 17.4 Å². The largest absolute Gasteiger partial charge is 0.455 e. The molecule has 0 aliphatic heterocycles. The Bertz CT molecular complexity index is 1090. The number of fused-ring (bicyclic) bond motifs is 1. The Morgan fingerprint density at radius 1 is 0.821 bits per heavy atom. The first-order valence-electron chi connectivity index (χ1n) is 8.99. The van der Waals surface area contributed by atoms with E-state index in [1.54, 1.807) is 6.20 Å². The Balaban J connectivity index is 1.44. The molecule has 0 radical (unpaired) electrons. The Hall–Kier alpha value is -3.86. The van der Waals surface area contributed by atoms with Crippen LogP contribution in [0.4, 0.5) is 11.4 Å². The number of ether oxygens (including phenoxy) is 1. The van der Waals surface area contributed by atoms with Crippen molar-refractivity contribution in [2.75, 3.05) is 17.2 Å². The van der Waals surface area contributed by atoms with Crippen LogP contribution in [0.15, 0.2) is 91.1 Å². The van der Waals surface area contributed by atoms with Crippen molar-refractivity contribution in [2.45, 2.75) is 0 Å². The molecule has 4 rings (SSSR count). The predicted molar refractivity (Wildman–Crippen MR) is 112 cm³/mol. The number of para-hydroxylation sites is 4. The summed E-state index contributed by atoms with van der Waals surface area (Å²) in [5.74, 6) is 1.13. The number of hydrogen-bond donors (Lipinski definition) is 2. The van der Waals surface area contributed by atoms with E-state index in [1.165, 1.54) is 0 Å². The maximum atomic E-state index is 12.5. The highest BCUT2D eigenvalue weighted by molar-refractivity contribution is 5.97. The van der Waals surface area contributed by atoms with Crippen molar-refractivity contribution < 1.29 is 9.53 Å². The third-order valence-electron chi connectivity index (χ3n) is 4.20. The summed E-state index contributed by atoms with van der Waals surface area (Å²) in [7, 11) is 0. The summed E-state index contributed by atoms with van der Waals surface area (Å²) in [6.45, 7) is 0.120. The number of pyridine rings is 1. The lowest BCUT2D eigenvalue weighted by Crippen LogP contribution is -2.22. The maximum Gasteiger partial charge on any atom is 0.243 e. The zero-order valence-electron chi connectivity index (χ0n) is 15.1. The molecule has 138 valence electrons. The van der Waals surface area contributed by atoms with Crippen LogP contribution in [0.3, 0.4) is 0 Å². The number of anilines is 2. The second-order valence-electron chi connectivity index (χ2n) is 6.19. The molecule has 1 heterocycles. The summed E-state index contributed by atoms with van der Waals surface area (Å²) in [5, 5.41) is 7.09. The average Bonchev–Trinajstić information content (AvgIpc) is 2.74. The van der Waals surface area contributed by atoms with E-state index < -0.39 is 0 Å². The molecule has 5 nitrogen and oxygen atoms in total. The van der Waals surface area contributed by atoms with Crippen molar-refractivity contribution in [3.8, 4) is 11.5 Å². The van der Waals surface area contributed by atoms with E-state index >= 15 is 0 Å². The monoisotopic (exact) mass is 369 g/mol. The van der Waals surface area contributed by atoms with Gasteiger partial charge in [0.2, 0.25) is 5.91 Å². The highest BCUT2D eigenvalue weighted by atomic mass is 16.5. The Labute approximate surface area is 163 Å². The molecule has 0 aliphatic rings. The van der Waals surface area contributed by atoms with Crippen LogP contribution in [0, 0.1) is 0 Å². The number of nitrogens with zero attached hydrogens (tertiary/aromatic N) is 1. The maximum absolute atomic E-state index is 12.5. The first-order chi connectivity index (χ1) is 13.8. The van der Waals surface area contributed by atoms with Gasteiger partial charge in [-0.2, -0.15) is 0 Å². The van der Waals surface area contributed by atoms with Gasteiger partial charge in [-0.3, -0.25) is 9.78 Å². The molecule has 0 saturated heterocycles. The number of nitrogens with one attached hydrogen (secondary N) is 2. The molecule has 1 amide bonds. The minimum absolute atomic E-state index is 0.120. The molecule has 1 aromatic heterocycles. The fourth-order valence-electron chi connectivity index (χ4n) is 2.89. The molecule has 0 fully saturated rings. The first-order valence-corrected chi connectivity index (χ1v) is 8.99. The quantitative estimate of drug-likeness (QED) is 0.498. The Kier molecular flexibility index (Phi) is 5.15. The van der Waals surface area contributed by atoms with Gasteiger partial charge in [0, 0.05) is 11.6 Å². The molecule has 0 aliphatic carbocycles. The number of rotatable bonds is 6. The Morgan fingerprint density at radius 2 is 1.57 bits per heavy atom. The van der Waals surface area contributed by atoms with Gasteiger partial charge in [-0.25, -0.2) is 0 Å². The van der Waals surface area contributed by atoms with Gasteiger partial charge < -0.3 is 15.4 Å². The minimum atomic E-state index is -0.169. The van der Waals surface area contributed by atoms with Gasteiger partial charge in [-0.05, 0) is 36.4 Å². The summed E-state index contributed by atoms with van der Waals surface area (Å²) in [5.41, 5.74) is 2.28. The molecule has 0 unspecified atom stereocenters. The smallest absolute Gasteiger partial charge is 0.243 e. The summed E-state index contributed by atoms with van der Waals surface area (Å²) in [6.07, 6.45) is 1.74. The van der Waals surface area contributed by atoms with E-state index in [9.17, 15) is 4.79 Å². The highest BCUT2D eigenvalue weighted by Crippen LogP contribution is 2.29. The zero-order valence-corrected chi connectivity index (χ0v) is 15.1. The number of aromatic nitrogens is 1. The van der Waals surface area contributed by atoms with Crippen LogP contribution in [0.2, 0.25) is 0 Å². The summed E-state index contributed by atoms with van der Waals surface area (Å²) in [6, 6.07) is 26.6. The molecule has 28 heavy (non-hydrogen) atoms. The molecule has 4 aromatic rings. The van der Waals surface area contributed by atoms with Gasteiger partial charge in [0.1, 0.15) is 5.75 Å². The molecule has 0 bridgehead atoms. The Morgan fingerprint density at radius 3 is 2.46 bits per heavy atom. The van der Waals surface area contributed by atoms with Crippen LogP contribution in [0.25, 0.3) is 10.9 Å². The minimum Gasteiger partial charge on any atom is -0.455 e. The molecule has 5 heteroatoms. The first kappa shape index (κ1) is 17.5. The lowest BCUT2D eigenvalue weighted by atomic mass is 10.2. The summed E-state index contributed by atoms with van der Waals surface area (Å²) < 4.78 is 5.89. The summed E-state index contributed by atoms with van der Waals surface area (Å²) >= 11 is 0.